The summed E-state index contributed by atoms with van der Waals surface area (Å²) in [6.45, 7) is 0. The Kier molecular flexibility index (Phi) is 3.86. The Morgan fingerprint density at radius 3 is 2.04 bits per heavy atom. The predicted molar refractivity (Wildman–Crippen MR) is 95.5 cm³/mol. The Morgan fingerprint density at radius 2 is 1.40 bits per heavy atom. The van der Waals surface area contributed by atoms with Crippen LogP contribution in [0, 0.1) is 5.92 Å². The summed E-state index contributed by atoms with van der Waals surface area (Å²) in [5, 5.41) is 7.29. The number of carbonyl (C=O) groups is 2. The van der Waals surface area contributed by atoms with E-state index in [1.165, 1.54) is 0 Å². The largest absolute Gasteiger partial charge is 0.272 e. The highest BCUT2D eigenvalue weighted by molar-refractivity contribution is 6.31. The Balaban J connectivity index is 1.82. The van der Waals surface area contributed by atoms with Gasteiger partial charge in [0.25, 0.3) is 5.91 Å². The highest BCUT2D eigenvalue weighted by Crippen LogP contribution is 2.33. The second-order valence-corrected chi connectivity index (χ2v) is 6.59. The predicted octanol–water partition coefficient (Wildman–Crippen LogP) is 2.36. The van der Waals surface area contributed by atoms with Gasteiger partial charge in [0.05, 0.1) is 11.4 Å². The molecule has 1 saturated heterocycles. The number of amides is 2. The molecular formula is C17H12Cl2N4O2. The quantitative estimate of drug-likeness (QED) is 0.847. The number of hydrazine groups is 1. The van der Waals surface area contributed by atoms with Gasteiger partial charge >= 0.3 is 0 Å². The fraction of sp³-hybridized carbons (Fsp3) is 0.118. The second-order valence-electron chi connectivity index (χ2n) is 5.71. The first-order valence-corrected chi connectivity index (χ1v) is 8.29. The van der Waals surface area contributed by atoms with E-state index < -0.39 is 12.0 Å². The van der Waals surface area contributed by atoms with Gasteiger partial charge in [-0.2, -0.15) is 5.10 Å². The van der Waals surface area contributed by atoms with E-state index in [1.807, 2.05) is 0 Å². The molecule has 2 aliphatic heterocycles. The number of fused-ring (bicyclic) bond motifs is 1. The lowest BCUT2D eigenvalue weighted by Crippen LogP contribution is -2.62. The first kappa shape index (κ1) is 15.9. The van der Waals surface area contributed by atoms with Crippen molar-refractivity contribution in [3.05, 3.63) is 64.1 Å². The average molecular weight is 375 g/mol. The summed E-state index contributed by atoms with van der Waals surface area (Å²) in [6, 6.07) is 13.2. The third-order valence-electron chi connectivity index (χ3n) is 4.18. The summed E-state index contributed by atoms with van der Waals surface area (Å²) >= 11 is 11.9. The molecule has 2 heterocycles. The van der Waals surface area contributed by atoms with Crippen molar-refractivity contribution in [3.8, 4) is 0 Å². The van der Waals surface area contributed by atoms with E-state index in [-0.39, 0.29) is 11.8 Å². The van der Waals surface area contributed by atoms with Crippen molar-refractivity contribution in [2.45, 2.75) is 6.04 Å². The van der Waals surface area contributed by atoms with Crippen LogP contribution >= 0.6 is 23.2 Å². The molecule has 2 aromatic carbocycles. The highest BCUT2D eigenvalue weighted by atomic mass is 35.5. The van der Waals surface area contributed by atoms with E-state index in [0.717, 1.165) is 5.56 Å². The van der Waals surface area contributed by atoms with Gasteiger partial charge in [0.1, 0.15) is 12.0 Å². The van der Waals surface area contributed by atoms with Crippen molar-refractivity contribution in [2.24, 2.45) is 11.0 Å². The van der Waals surface area contributed by atoms with E-state index >= 15 is 0 Å². The molecule has 0 saturated carbocycles. The first-order valence-electron chi connectivity index (χ1n) is 7.53. The van der Waals surface area contributed by atoms with Crippen molar-refractivity contribution in [1.82, 2.24) is 10.9 Å². The summed E-state index contributed by atoms with van der Waals surface area (Å²) in [7, 11) is 0. The Labute approximate surface area is 153 Å². The SMILES string of the molecule is O=C1NNC(=O)C2C1C(c1ccc(Cl)cc1)=NN2c1ccc(Cl)cc1. The molecule has 2 aromatic rings. The number of halogens is 2. The lowest BCUT2D eigenvalue weighted by molar-refractivity contribution is -0.137. The third-order valence-corrected chi connectivity index (χ3v) is 4.68. The maximum Gasteiger partial charge on any atom is 0.264 e. The lowest BCUT2D eigenvalue weighted by atomic mass is 9.89. The van der Waals surface area contributed by atoms with Crippen LogP contribution in [-0.2, 0) is 9.59 Å². The van der Waals surface area contributed by atoms with Crippen LogP contribution < -0.4 is 15.9 Å². The minimum Gasteiger partial charge on any atom is -0.272 e. The summed E-state index contributed by atoms with van der Waals surface area (Å²) in [6.07, 6.45) is 0. The Hall–Kier alpha value is -2.57. The highest BCUT2D eigenvalue weighted by Gasteiger charge is 2.50. The van der Waals surface area contributed by atoms with Crippen molar-refractivity contribution in [1.29, 1.82) is 0 Å². The summed E-state index contributed by atoms with van der Waals surface area (Å²) < 4.78 is 0. The van der Waals surface area contributed by atoms with Gasteiger partial charge in [-0.05, 0) is 42.0 Å². The molecule has 0 spiro atoms. The second kappa shape index (κ2) is 6.06. The molecule has 0 bridgehead atoms. The van der Waals surface area contributed by atoms with Crippen molar-refractivity contribution in [3.63, 3.8) is 0 Å². The number of hydrogen-bond donors (Lipinski definition) is 2. The smallest absolute Gasteiger partial charge is 0.264 e. The molecule has 2 aliphatic rings. The van der Waals surface area contributed by atoms with Gasteiger partial charge in [-0.15, -0.1) is 0 Å². The van der Waals surface area contributed by atoms with Crippen LogP contribution in [0.4, 0.5) is 5.69 Å². The van der Waals surface area contributed by atoms with Gasteiger partial charge in [-0.1, -0.05) is 35.3 Å². The zero-order valence-corrected chi connectivity index (χ0v) is 14.3. The van der Waals surface area contributed by atoms with Crippen LogP contribution in [-0.4, -0.2) is 23.6 Å². The first-order chi connectivity index (χ1) is 12.0. The third kappa shape index (κ3) is 2.73. The van der Waals surface area contributed by atoms with E-state index in [9.17, 15) is 9.59 Å². The zero-order valence-electron chi connectivity index (χ0n) is 12.7. The molecule has 6 nitrogen and oxygen atoms in total. The van der Waals surface area contributed by atoms with Crippen molar-refractivity contribution >= 4 is 46.4 Å². The standard InChI is InChI=1S/C17H12Cl2N4O2/c18-10-3-1-9(2-4-10)14-13-15(17(25)21-20-16(13)24)23(22-14)12-7-5-11(19)6-8-12/h1-8,13,15H,(H,20,24)(H,21,25). The molecule has 1 fully saturated rings. The van der Waals surface area contributed by atoms with Gasteiger partial charge in [0, 0.05) is 10.0 Å². The van der Waals surface area contributed by atoms with E-state index in [0.29, 0.717) is 21.4 Å². The Bertz CT molecular complexity index is 881. The van der Waals surface area contributed by atoms with Gasteiger partial charge in [-0.25, -0.2) is 0 Å². The summed E-state index contributed by atoms with van der Waals surface area (Å²) in [5.41, 5.74) is 6.73. The molecule has 25 heavy (non-hydrogen) atoms. The van der Waals surface area contributed by atoms with Crippen LogP contribution in [0.25, 0.3) is 0 Å². The number of benzene rings is 2. The molecule has 2 atom stereocenters. The van der Waals surface area contributed by atoms with Crippen LogP contribution in [0.5, 0.6) is 0 Å². The van der Waals surface area contributed by atoms with Crippen molar-refractivity contribution in [2.75, 3.05) is 5.01 Å². The fourth-order valence-corrected chi connectivity index (χ4v) is 3.26. The maximum atomic E-state index is 12.4. The van der Waals surface area contributed by atoms with Crippen LogP contribution in [0.2, 0.25) is 10.0 Å². The van der Waals surface area contributed by atoms with Gasteiger partial charge < -0.3 is 0 Å². The zero-order chi connectivity index (χ0) is 17.6. The van der Waals surface area contributed by atoms with Crippen LogP contribution in [0.1, 0.15) is 5.56 Å². The topological polar surface area (TPSA) is 73.8 Å². The summed E-state index contributed by atoms with van der Waals surface area (Å²) in [4.78, 5) is 24.8. The number of hydrogen-bond acceptors (Lipinski definition) is 4. The Morgan fingerprint density at radius 1 is 0.840 bits per heavy atom. The summed E-state index contributed by atoms with van der Waals surface area (Å²) in [5.74, 6) is -1.35. The van der Waals surface area contributed by atoms with E-state index in [4.69, 9.17) is 23.2 Å². The van der Waals surface area contributed by atoms with E-state index in [2.05, 4.69) is 16.0 Å². The monoisotopic (exact) mass is 374 g/mol. The van der Waals surface area contributed by atoms with Crippen molar-refractivity contribution < 1.29 is 9.59 Å². The molecule has 8 heteroatoms. The average Bonchev–Trinajstić information content (AvgIpc) is 3.01. The van der Waals surface area contributed by atoms with Gasteiger partial charge in [0.2, 0.25) is 5.91 Å². The molecule has 126 valence electrons. The fourth-order valence-electron chi connectivity index (χ4n) is 3.01. The maximum absolute atomic E-state index is 12.4. The lowest BCUT2D eigenvalue weighted by Gasteiger charge is -2.30. The number of nitrogens with zero attached hydrogens (tertiary/aromatic N) is 2. The number of rotatable bonds is 2. The molecule has 4 rings (SSSR count). The molecular weight excluding hydrogens is 363 g/mol. The normalized spacial score (nSPS) is 22.2. The van der Waals surface area contributed by atoms with Gasteiger partial charge in [0.15, 0.2) is 0 Å². The minimum atomic E-state index is -0.763. The number of nitrogens with one attached hydrogen (secondary N) is 2. The molecule has 0 radical (unpaired) electrons. The van der Waals surface area contributed by atoms with Gasteiger partial charge in [-0.3, -0.25) is 25.4 Å². The van der Waals surface area contributed by atoms with Crippen LogP contribution in [0.3, 0.4) is 0 Å². The molecule has 2 unspecified atom stereocenters. The molecule has 2 N–H and O–H groups in total. The number of carbonyl (C=O) groups excluding carboxylic acids is 2. The minimum absolute atomic E-state index is 0.310. The van der Waals surface area contributed by atoms with E-state index in [1.54, 1.807) is 53.5 Å². The number of anilines is 1. The number of hydrazone groups is 1. The molecule has 0 aliphatic carbocycles. The molecule has 2 amide bonds. The molecule has 0 aromatic heterocycles. The van der Waals surface area contributed by atoms with Crippen LogP contribution in [0.15, 0.2) is 53.6 Å².